The number of aliphatic hydroxyl groups is 1. The molecule has 5 aliphatic rings. The summed E-state index contributed by atoms with van der Waals surface area (Å²) in [6, 6.07) is 0. The Labute approximate surface area is 202 Å². The topological polar surface area (TPSA) is 46.5 Å². The predicted octanol–water partition coefficient (Wildman–Crippen LogP) is 6.87. The summed E-state index contributed by atoms with van der Waals surface area (Å²) in [7, 11) is 0. The van der Waals surface area contributed by atoms with Crippen LogP contribution in [0.2, 0.25) is 0 Å². The number of aliphatic hydroxyl groups excluding tert-OH is 1. The SMILES string of the molecule is CC(=O)OCC12CCC(C(C)C)C1C1CCC3C4(C)CCC(O)C(C)C4CCC3(C)C1CC2. The second-order valence-corrected chi connectivity index (χ2v) is 14.2. The van der Waals surface area contributed by atoms with E-state index >= 15 is 0 Å². The highest BCUT2D eigenvalue weighted by Gasteiger charge is 2.66. The number of fused-ring (bicyclic) bond motifs is 7. The van der Waals surface area contributed by atoms with E-state index in [9.17, 15) is 9.90 Å². The summed E-state index contributed by atoms with van der Waals surface area (Å²) in [6.45, 7) is 14.7. The third kappa shape index (κ3) is 3.48. The van der Waals surface area contributed by atoms with Crippen molar-refractivity contribution in [2.24, 2.45) is 63.6 Å². The van der Waals surface area contributed by atoms with E-state index in [0.717, 1.165) is 36.0 Å². The Morgan fingerprint density at radius 3 is 2.27 bits per heavy atom. The van der Waals surface area contributed by atoms with Crippen LogP contribution in [0.3, 0.4) is 0 Å². The van der Waals surface area contributed by atoms with Crippen molar-refractivity contribution in [3.63, 3.8) is 0 Å². The average Bonchev–Trinajstić information content (AvgIpc) is 3.16. The van der Waals surface area contributed by atoms with Crippen molar-refractivity contribution < 1.29 is 14.6 Å². The quantitative estimate of drug-likeness (QED) is 0.470. The highest BCUT2D eigenvalue weighted by Crippen LogP contribution is 2.72. The smallest absolute Gasteiger partial charge is 0.302 e. The first-order valence-electron chi connectivity index (χ1n) is 14.3. The zero-order valence-corrected chi connectivity index (χ0v) is 22.2. The van der Waals surface area contributed by atoms with E-state index in [1.54, 1.807) is 6.92 Å². The zero-order chi connectivity index (χ0) is 23.8. The Morgan fingerprint density at radius 2 is 1.58 bits per heavy atom. The summed E-state index contributed by atoms with van der Waals surface area (Å²) in [4.78, 5) is 11.8. The van der Waals surface area contributed by atoms with Crippen molar-refractivity contribution in [1.82, 2.24) is 0 Å². The minimum Gasteiger partial charge on any atom is -0.465 e. The molecule has 11 atom stereocenters. The van der Waals surface area contributed by atoms with Gasteiger partial charge in [-0.25, -0.2) is 0 Å². The number of rotatable bonds is 3. The highest BCUT2D eigenvalue weighted by atomic mass is 16.5. The molecule has 0 amide bonds. The second-order valence-electron chi connectivity index (χ2n) is 14.2. The molecule has 0 radical (unpaired) electrons. The third-order valence-electron chi connectivity index (χ3n) is 12.8. The summed E-state index contributed by atoms with van der Waals surface area (Å²) in [5, 5.41) is 10.6. The van der Waals surface area contributed by atoms with Crippen LogP contribution in [0.4, 0.5) is 0 Å². The van der Waals surface area contributed by atoms with Gasteiger partial charge in [-0.3, -0.25) is 4.79 Å². The van der Waals surface area contributed by atoms with Crippen molar-refractivity contribution in [1.29, 1.82) is 0 Å². The summed E-state index contributed by atoms with van der Waals surface area (Å²) in [5.41, 5.74) is 1.07. The van der Waals surface area contributed by atoms with Gasteiger partial charge in [0.25, 0.3) is 0 Å². The van der Waals surface area contributed by atoms with Crippen molar-refractivity contribution in [2.45, 2.75) is 112 Å². The van der Waals surface area contributed by atoms with Gasteiger partial charge in [-0.2, -0.15) is 0 Å². The average molecular weight is 459 g/mol. The molecule has 0 saturated heterocycles. The van der Waals surface area contributed by atoms with Gasteiger partial charge in [-0.05, 0) is 122 Å². The lowest BCUT2D eigenvalue weighted by Gasteiger charge is -2.68. The second kappa shape index (κ2) is 8.24. The molecule has 0 aromatic heterocycles. The van der Waals surface area contributed by atoms with Gasteiger partial charge in [-0.15, -0.1) is 0 Å². The number of carbonyl (C=O) groups is 1. The first kappa shape index (κ1) is 24.1. The van der Waals surface area contributed by atoms with E-state index in [4.69, 9.17) is 4.74 Å². The Kier molecular flexibility index (Phi) is 6.03. The zero-order valence-electron chi connectivity index (χ0n) is 22.2. The molecule has 5 aliphatic carbocycles. The summed E-state index contributed by atoms with van der Waals surface area (Å²) in [5.74, 6) is 5.70. The summed E-state index contributed by atoms with van der Waals surface area (Å²) < 4.78 is 5.77. The lowest BCUT2D eigenvalue weighted by atomic mass is 9.37. The van der Waals surface area contributed by atoms with Crippen molar-refractivity contribution in [3.8, 4) is 0 Å². The maximum absolute atomic E-state index is 11.8. The van der Waals surface area contributed by atoms with Crippen LogP contribution in [0.15, 0.2) is 0 Å². The summed E-state index contributed by atoms with van der Waals surface area (Å²) in [6.07, 6.45) is 12.7. The van der Waals surface area contributed by atoms with Crippen LogP contribution in [0.5, 0.6) is 0 Å². The maximum Gasteiger partial charge on any atom is 0.302 e. The van der Waals surface area contributed by atoms with Gasteiger partial charge in [0.2, 0.25) is 0 Å². The molecule has 0 aliphatic heterocycles. The van der Waals surface area contributed by atoms with Crippen LogP contribution in [0, 0.1) is 63.6 Å². The van der Waals surface area contributed by atoms with Gasteiger partial charge < -0.3 is 9.84 Å². The highest BCUT2D eigenvalue weighted by molar-refractivity contribution is 5.65. The van der Waals surface area contributed by atoms with Crippen molar-refractivity contribution >= 4 is 5.97 Å². The maximum atomic E-state index is 11.8. The molecule has 0 bridgehead atoms. The van der Waals surface area contributed by atoms with Gasteiger partial charge in [0.15, 0.2) is 0 Å². The fourth-order valence-corrected chi connectivity index (χ4v) is 11.3. The number of hydrogen-bond donors (Lipinski definition) is 1. The Hall–Kier alpha value is -0.570. The lowest BCUT2D eigenvalue weighted by molar-refractivity contribution is -0.202. The van der Waals surface area contributed by atoms with Crippen LogP contribution < -0.4 is 0 Å². The van der Waals surface area contributed by atoms with E-state index in [-0.39, 0.29) is 17.5 Å². The van der Waals surface area contributed by atoms with Gasteiger partial charge in [0.05, 0.1) is 12.7 Å². The van der Waals surface area contributed by atoms with E-state index in [1.165, 1.54) is 57.8 Å². The molecule has 5 saturated carbocycles. The van der Waals surface area contributed by atoms with E-state index in [0.29, 0.717) is 35.2 Å². The number of hydrogen-bond acceptors (Lipinski definition) is 3. The van der Waals surface area contributed by atoms with E-state index < -0.39 is 0 Å². The fraction of sp³-hybridized carbons (Fsp3) is 0.967. The van der Waals surface area contributed by atoms with Crippen molar-refractivity contribution in [2.75, 3.05) is 6.61 Å². The van der Waals surface area contributed by atoms with Crippen LogP contribution in [0.25, 0.3) is 0 Å². The molecule has 1 N–H and O–H groups in total. The van der Waals surface area contributed by atoms with Crippen LogP contribution in [0.1, 0.15) is 106 Å². The minimum absolute atomic E-state index is 0.0920. The standard InChI is InChI=1S/C30H50O3/c1-18(2)21-9-15-30(17-33-20(4)31)16-11-24-22(27(21)30)7-8-26-28(5)14-12-25(32)19(3)23(28)10-13-29(24,26)6/h18-19,21-27,32H,7-17H2,1-6H3. The molecular formula is C30H50O3. The Bertz CT molecular complexity index is 762. The van der Waals surface area contributed by atoms with E-state index in [1.807, 2.05) is 0 Å². The third-order valence-corrected chi connectivity index (χ3v) is 12.8. The molecule has 0 heterocycles. The van der Waals surface area contributed by atoms with E-state index in [2.05, 4.69) is 34.6 Å². The molecule has 5 rings (SSSR count). The normalized spacial score (nSPS) is 53.6. The van der Waals surface area contributed by atoms with Gasteiger partial charge in [-0.1, -0.05) is 34.6 Å². The predicted molar refractivity (Wildman–Crippen MR) is 132 cm³/mol. The number of carbonyl (C=O) groups excluding carboxylic acids is 1. The van der Waals surface area contributed by atoms with Gasteiger partial charge >= 0.3 is 5.97 Å². The van der Waals surface area contributed by atoms with Crippen LogP contribution >= 0.6 is 0 Å². The van der Waals surface area contributed by atoms with Crippen LogP contribution in [-0.4, -0.2) is 23.8 Å². The van der Waals surface area contributed by atoms with Crippen LogP contribution in [-0.2, 0) is 9.53 Å². The molecule has 188 valence electrons. The first-order chi connectivity index (χ1) is 15.5. The Morgan fingerprint density at radius 1 is 0.939 bits per heavy atom. The Balaban J connectivity index is 1.46. The van der Waals surface area contributed by atoms with Crippen molar-refractivity contribution in [3.05, 3.63) is 0 Å². The monoisotopic (exact) mass is 458 g/mol. The minimum atomic E-state index is -0.103. The van der Waals surface area contributed by atoms with Gasteiger partial charge in [0.1, 0.15) is 0 Å². The molecular weight excluding hydrogens is 408 g/mol. The summed E-state index contributed by atoms with van der Waals surface area (Å²) >= 11 is 0. The molecule has 33 heavy (non-hydrogen) atoms. The molecule has 0 spiro atoms. The molecule has 0 aromatic carbocycles. The molecule has 5 fully saturated rings. The fourth-order valence-electron chi connectivity index (χ4n) is 11.3. The van der Waals surface area contributed by atoms with Gasteiger partial charge in [0, 0.05) is 12.3 Å². The number of ether oxygens (including phenoxy) is 1. The molecule has 3 nitrogen and oxygen atoms in total. The molecule has 3 heteroatoms. The largest absolute Gasteiger partial charge is 0.465 e. The molecule has 11 unspecified atom stereocenters. The first-order valence-corrected chi connectivity index (χ1v) is 14.3. The molecule has 0 aromatic rings. The lowest BCUT2D eigenvalue weighted by Crippen LogP contribution is -2.61. The number of esters is 1.